The van der Waals surface area contributed by atoms with Gasteiger partial charge in [-0.2, -0.15) is 0 Å². The third-order valence-corrected chi connectivity index (χ3v) is 10.2. The first-order chi connectivity index (χ1) is 16.6. The number of nitrogens with zero attached hydrogens (tertiary/aromatic N) is 1. The largest absolute Gasteiger partial charge is 0.377 e. The van der Waals surface area contributed by atoms with E-state index < -0.39 is 0 Å². The maximum atomic E-state index is 13.5. The lowest BCUT2D eigenvalue weighted by molar-refractivity contribution is -0.131. The third-order valence-electron chi connectivity index (χ3n) is 10.2. The van der Waals surface area contributed by atoms with Crippen LogP contribution in [0.2, 0.25) is 0 Å². The van der Waals surface area contributed by atoms with Gasteiger partial charge in [0.25, 0.3) is 5.91 Å². The molecule has 1 N–H and O–H groups in total. The summed E-state index contributed by atoms with van der Waals surface area (Å²) in [5, 5.41) is 3.73. The fourth-order valence-electron chi connectivity index (χ4n) is 8.00. The molecule has 0 unspecified atom stereocenters. The predicted octanol–water partition coefficient (Wildman–Crippen LogP) is 6.09. The Labute approximate surface area is 212 Å². The molecule has 192 valence electrons. The van der Waals surface area contributed by atoms with Gasteiger partial charge < -0.3 is 9.64 Å². The number of nitrogens with one attached hydrogen (secondary N) is 1. The molecule has 4 aliphatic rings. The van der Waals surface area contributed by atoms with E-state index in [0.717, 1.165) is 44.5 Å². The Bertz CT molecular complexity index is 1010. The third kappa shape index (κ3) is 4.29. The maximum absolute atomic E-state index is 13.5. The summed E-state index contributed by atoms with van der Waals surface area (Å²) in [4.78, 5) is 15.6. The number of hydrogen-bond donors (Lipinski definition) is 1. The van der Waals surface area contributed by atoms with Gasteiger partial charge in [0.2, 0.25) is 0 Å². The van der Waals surface area contributed by atoms with Crippen LogP contribution in [0.15, 0.2) is 29.3 Å². The molecule has 2 aliphatic carbocycles. The standard InChI is InChI=1S/C31H46N2O2/c1-20(2)23-10-12-26-24(17-23)11-13-27-30(5,14-8-15-31(26,27)6)19-33-28(21(3)22(4)29(33)34)32-18-25-9-7-16-35-25/h10,12,17,20,25,27-28,32H,7-9,11,13-16,18-19H2,1-6H3/t25-,27+,28+,30-,31+/m0/s1. The molecule has 2 heterocycles. The van der Waals surface area contributed by atoms with Gasteiger partial charge in [-0.05, 0) is 97.3 Å². The lowest BCUT2D eigenvalue weighted by atomic mass is 9.49. The van der Waals surface area contributed by atoms with Gasteiger partial charge in [0.05, 0.1) is 6.10 Å². The van der Waals surface area contributed by atoms with E-state index in [9.17, 15) is 4.79 Å². The van der Waals surface area contributed by atoms with Crippen molar-refractivity contribution < 1.29 is 9.53 Å². The van der Waals surface area contributed by atoms with Crippen molar-refractivity contribution in [3.05, 3.63) is 46.0 Å². The minimum absolute atomic E-state index is 0.00110. The number of carbonyl (C=O) groups is 1. The molecule has 0 radical (unpaired) electrons. The second-order valence-electron chi connectivity index (χ2n) is 12.8. The van der Waals surface area contributed by atoms with E-state index in [1.54, 1.807) is 11.1 Å². The number of carbonyl (C=O) groups excluding carboxylic acids is 1. The molecule has 2 fully saturated rings. The predicted molar refractivity (Wildman–Crippen MR) is 143 cm³/mol. The van der Waals surface area contributed by atoms with Crippen LogP contribution < -0.4 is 5.32 Å². The molecule has 0 aromatic heterocycles. The average Bonchev–Trinajstić information content (AvgIpc) is 3.41. The summed E-state index contributed by atoms with van der Waals surface area (Å²) in [5.41, 5.74) is 7.03. The highest BCUT2D eigenvalue weighted by Crippen LogP contribution is 2.58. The van der Waals surface area contributed by atoms with Crippen LogP contribution in [-0.4, -0.2) is 42.8 Å². The summed E-state index contributed by atoms with van der Waals surface area (Å²) in [6, 6.07) is 7.30. The minimum atomic E-state index is 0.00110. The molecule has 2 aliphatic heterocycles. The van der Waals surface area contributed by atoms with Crippen molar-refractivity contribution in [2.45, 2.75) is 110 Å². The van der Waals surface area contributed by atoms with Gasteiger partial charge in [0.1, 0.15) is 6.17 Å². The van der Waals surface area contributed by atoms with Gasteiger partial charge in [-0.25, -0.2) is 0 Å². The zero-order chi connectivity index (χ0) is 25.0. The Kier molecular flexibility index (Phi) is 6.68. The van der Waals surface area contributed by atoms with E-state index in [-0.39, 0.29) is 29.0 Å². The fraction of sp³-hybridized carbons (Fsp3) is 0.710. The van der Waals surface area contributed by atoms with E-state index in [0.29, 0.717) is 11.8 Å². The minimum Gasteiger partial charge on any atom is -0.377 e. The molecule has 35 heavy (non-hydrogen) atoms. The highest BCUT2D eigenvalue weighted by atomic mass is 16.5. The van der Waals surface area contributed by atoms with Crippen molar-refractivity contribution in [2.24, 2.45) is 11.3 Å². The molecule has 5 rings (SSSR count). The SMILES string of the molecule is CC1=C(C)[C@H](NC[C@@H]2CCCO2)N(C[C@]2(C)CCC[C@]3(C)c4ccc(C(C)C)cc4CC[C@H]23)C1=O. The Morgan fingerprint density at radius 3 is 2.66 bits per heavy atom. The molecular weight excluding hydrogens is 432 g/mol. The van der Waals surface area contributed by atoms with Gasteiger partial charge >= 0.3 is 0 Å². The molecule has 1 amide bonds. The lowest BCUT2D eigenvalue weighted by Gasteiger charge is -2.56. The van der Waals surface area contributed by atoms with E-state index in [2.05, 4.69) is 63.0 Å². The van der Waals surface area contributed by atoms with Crippen molar-refractivity contribution >= 4 is 5.91 Å². The van der Waals surface area contributed by atoms with Crippen LogP contribution in [-0.2, 0) is 21.4 Å². The van der Waals surface area contributed by atoms with Crippen LogP contribution >= 0.6 is 0 Å². The summed E-state index contributed by atoms with van der Waals surface area (Å²) in [6.45, 7) is 16.3. The van der Waals surface area contributed by atoms with Crippen LogP contribution in [0, 0.1) is 11.3 Å². The summed E-state index contributed by atoms with van der Waals surface area (Å²) in [5.74, 6) is 1.38. The number of rotatable bonds is 6. The zero-order valence-electron chi connectivity index (χ0n) is 22.9. The van der Waals surface area contributed by atoms with Gasteiger partial charge in [0.15, 0.2) is 0 Å². The molecule has 5 atom stereocenters. The number of ether oxygens (including phenoxy) is 1. The molecule has 1 saturated heterocycles. The average molecular weight is 479 g/mol. The Morgan fingerprint density at radius 1 is 1.14 bits per heavy atom. The number of benzene rings is 1. The van der Waals surface area contributed by atoms with E-state index >= 15 is 0 Å². The first kappa shape index (κ1) is 25.0. The van der Waals surface area contributed by atoms with Crippen molar-refractivity contribution in [3.8, 4) is 0 Å². The van der Waals surface area contributed by atoms with Crippen molar-refractivity contribution in [1.82, 2.24) is 10.2 Å². The monoisotopic (exact) mass is 478 g/mol. The topological polar surface area (TPSA) is 41.6 Å². The molecular formula is C31H46N2O2. The summed E-state index contributed by atoms with van der Waals surface area (Å²) < 4.78 is 5.86. The quantitative estimate of drug-likeness (QED) is 0.538. The molecule has 1 saturated carbocycles. The van der Waals surface area contributed by atoms with Crippen LogP contribution in [0.5, 0.6) is 0 Å². The Hall–Kier alpha value is -1.65. The van der Waals surface area contributed by atoms with Crippen LogP contribution in [0.25, 0.3) is 0 Å². The summed E-state index contributed by atoms with van der Waals surface area (Å²) in [7, 11) is 0. The van der Waals surface area contributed by atoms with Gasteiger partial charge in [-0.15, -0.1) is 0 Å². The van der Waals surface area contributed by atoms with Crippen LogP contribution in [0.3, 0.4) is 0 Å². The first-order valence-corrected chi connectivity index (χ1v) is 14.1. The second kappa shape index (κ2) is 9.34. The summed E-state index contributed by atoms with van der Waals surface area (Å²) >= 11 is 0. The smallest absolute Gasteiger partial charge is 0.251 e. The molecule has 4 nitrogen and oxygen atoms in total. The Morgan fingerprint density at radius 2 is 1.94 bits per heavy atom. The van der Waals surface area contributed by atoms with Crippen LogP contribution in [0.4, 0.5) is 0 Å². The normalized spacial score (nSPS) is 35.1. The Balaban J connectivity index is 1.39. The van der Waals surface area contributed by atoms with Crippen molar-refractivity contribution in [3.63, 3.8) is 0 Å². The van der Waals surface area contributed by atoms with E-state index in [4.69, 9.17) is 4.74 Å². The maximum Gasteiger partial charge on any atom is 0.251 e. The lowest BCUT2D eigenvalue weighted by Crippen LogP contribution is -2.57. The molecule has 0 spiro atoms. The second-order valence-corrected chi connectivity index (χ2v) is 12.8. The van der Waals surface area contributed by atoms with Crippen molar-refractivity contribution in [2.75, 3.05) is 19.7 Å². The first-order valence-electron chi connectivity index (χ1n) is 14.1. The molecule has 1 aromatic carbocycles. The van der Waals surface area contributed by atoms with E-state index in [1.807, 2.05) is 6.92 Å². The van der Waals surface area contributed by atoms with Crippen molar-refractivity contribution in [1.29, 1.82) is 0 Å². The van der Waals surface area contributed by atoms with Gasteiger partial charge in [-0.3, -0.25) is 10.1 Å². The number of fused-ring (bicyclic) bond motifs is 3. The number of amides is 1. The fourth-order valence-corrected chi connectivity index (χ4v) is 8.00. The highest BCUT2D eigenvalue weighted by molar-refractivity contribution is 5.97. The molecule has 4 heteroatoms. The summed E-state index contributed by atoms with van der Waals surface area (Å²) in [6.07, 6.45) is 8.62. The molecule has 1 aromatic rings. The number of aryl methyl sites for hydroxylation is 1. The van der Waals surface area contributed by atoms with E-state index in [1.165, 1.54) is 36.8 Å². The zero-order valence-corrected chi connectivity index (χ0v) is 22.9. The van der Waals surface area contributed by atoms with Crippen LogP contribution in [0.1, 0.15) is 103 Å². The van der Waals surface area contributed by atoms with Gasteiger partial charge in [-0.1, -0.05) is 52.3 Å². The number of hydrogen-bond acceptors (Lipinski definition) is 3. The highest BCUT2D eigenvalue weighted by Gasteiger charge is 2.53. The molecule has 0 bridgehead atoms. The van der Waals surface area contributed by atoms with Gasteiger partial charge in [0, 0.05) is 25.3 Å².